The quantitative estimate of drug-likeness (QED) is 0.777. The van der Waals surface area contributed by atoms with E-state index in [0.29, 0.717) is 5.13 Å². The molecule has 3 aromatic rings. The number of imidazole rings is 1. The number of aromatic nitrogens is 3. The zero-order valence-corrected chi connectivity index (χ0v) is 15.0. The highest BCUT2D eigenvalue weighted by Gasteiger charge is 2.24. The average molecular weight is 340 g/mol. The first-order valence-corrected chi connectivity index (χ1v) is 8.53. The maximum atomic E-state index is 12.3. The van der Waals surface area contributed by atoms with Gasteiger partial charge in [-0.15, -0.1) is 0 Å². The predicted molar refractivity (Wildman–Crippen MR) is 97.8 cm³/mol. The number of hydrogen-bond donors (Lipinski definition) is 1. The van der Waals surface area contributed by atoms with Gasteiger partial charge >= 0.3 is 0 Å². The molecular weight excluding hydrogens is 320 g/mol. The molecule has 0 bridgehead atoms. The van der Waals surface area contributed by atoms with E-state index in [-0.39, 0.29) is 5.91 Å². The van der Waals surface area contributed by atoms with Crippen molar-refractivity contribution in [2.75, 3.05) is 5.32 Å². The minimum atomic E-state index is -0.470. The molecule has 0 aliphatic rings. The lowest BCUT2D eigenvalue weighted by atomic mass is 9.96. The van der Waals surface area contributed by atoms with E-state index in [4.69, 9.17) is 0 Å². The highest BCUT2D eigenvalue weighted by atomic mass is 32.1. The van der Waals surface area contributed by atoms with Crippen molar-refractivity contribution in [1.29, 1.82) is 0 Å². The van der Waals surface area contributed by atoms with Crippen LogP contribution >= 0.6 is 11.3 Å². The minimum Gasteiger partial charge on any atom is -0.333 e. The van der Waals surface area contributed by atoms with Crippen LogP contribution in [0.15, 0.2) is 42.7 Å². The molecule has 2 heterocycles. The summed E-state index contributed by atoms with van der Waals surface area (Å²) >= 11 is 1.44. The molecule has 1 N–H and O–H groups in total. The molecule has 3 rings (SSSR count). The average Bonchev–Trinajstić information content (AvgIpc) is 3.13. The Morgan fingerprint density at radius 3 is 2.50 bits per heavy atom. The largest absolute Gasteiger partial charge is 0.333 e. The van der Waals surface area contributed by atoms with Gasteiger partial charge in [-0.1, -0.05) is 62.4 Å². The van der Waals surface area contributed by atoms with E-state index in [0.717, 1.165) is 22.0 Å². The number of nitrogens with zero attached hydrogens (tertiary/aromatic N) is 3. The van der Waals surface area contributed by atoms with Crippen LogP contribution in [0.4, 0.5) is 5.13 Å². The Bertz CT molecular complexity index is 859. The molecule has 0 spiro atoms. The van der Waals surface area contributed by atoms with Gasteiger partial charge < -0.3 is 9.88 Å². The summed E-state index contributed by atoms with van der Waals surface area (Å²) in [6.45, 7) is 5.65. The molecule has 0 unspecified atom stereocenters. The summed E-state index contributed by atoms with van der Waals surface area (Å²) in [4.78, 5) is 22.3. The lowest BCUT2D eigenvalue weighted by Crippen LogP contribution is -2.27. The lowest BCUT2D eigenvalue weighted by molar-refractivity contribution is -0.123. The van der Waals surface area contributed by atoms with Gasteiger partial charge in [-0.25, -0.2) is 9.97 Å². The molecule has 0 radical (unpaired) electrons. The summed E-state index contributed by atoms with van der Waals surface area (Å²) in [5.74, 6) is 0.782. The van der Waals surface area contributed by atoms with Gasteiger partial charge in [0.25, 0.3) is 0 Å². The fraction of sp³-hybridized carbons (Fsp3) is 0.278. The fourth-order valence-electron chi connectivity index (χ4n) is 2.19. The maximum absolute atomic E-state index is 12.3. The number of amides is 1. The number of thiazole rings is 1. The number of aryl methyl sites for hydroxylation is 1. The second kappa shape index (κ2) is 6.20. The Morgan fingerprint density at radius 2 is 1.92 bits per heavy atom. The third-order valence-electron chi connectivity index (χ3n) is 3.60. The Kier molecular flexibility index (Phi) is 4.24. The topological polar surface area (TPSA) is 59.8 Å². The summed E-state index contributed by atoms with van der Waals surface area (Å²) in [5, 5.41) is 3.51. The third kappa shape index (κ3) is 3.23. The highest BCUT2D eigenvalue weighted by Crippen LogP contribution is 2.38. The molecule has 0 aliphatic heterocycles. The SMILES string of the molecule is Cn1ccnc1-c1sc(NC(=O)C(C)(C)C)nc1-c1ccccc1. The second-order valence-corrected chi connectivity index (χ2v) is 7.63. The van der Waals surface area contributed by atoms with Crippen molar-refractivity contribution in [2.45, 2.75) is 20.8 Å². The van der Waals surface area contributed by atoms with Gasteiger partial charge in [-0.3, -0.25) is 4.79 Å². The van der Waals surface area contributed by atoms with Crippen LogP contribution in [0, 0.1) is 5.41 Å². The number of rotatable bonds is 3. The molecule has 6 heteroatoms. The fourth-order valence-corrected chi connectivity index (χ4v) is 3.21. The monoisotopic (exact) mass is 340 g/mol. The predicted octanol–water partition coefficient (Wildman–Crippen LogP) is 4.20. The van der Waals surface area contributed by atoms with Crippen LogP contribution in [0.3, 0.4) is 0 Å². The molecule has 1 aromatic carbocycles. The van der Waals surface area contributed by atoms with Crippen molar-refractivity contribution in [3.05, 3.63) is 42.7 Å². The van der Waals surface area contributed by atoms with Gasteiger partial charge in [-0.05, 0) is 0 Å². The number of carbonyl (C=O) groups excluding carboxylic acids is 1. The molecule has 2 aromatic heterocycles. The van der Waals surface area contributed by atoms with E-state index >= 15 is 0 Å². The summed E-state index contributed by atoms with van der Waals surface area (Å²) < 4.78 is 1.95. The number of anilines is 1. The number of benzene rings is 1. The summed E-state index contributed by atoms with van der Waals surface area (Å²) in [6, 6.07) is 9.95. The zero-order valence-electron chi connectivity index (χ0n) is 14.2. The smallest absolute Gasteiger partial charge is 0.231 e. The third-order valence-corrected chi connectivity index (χ3v) is 4.57. The molecule has 24 heavy (non-hydrogen) atoms. The summed E-state index contributed by atoms with van der Waals surface area (Å²) in [6.07, 6.45) is 3.66. The summed E-state index contributed by atoms with van der Waals surface area (Å²) in [7, 11) is 1.95. The first-order valence-electron chi connectivity index (χ1n) is 7.71. The Morgan fingerprint density at radius 1 is 1.21 bits per heavy atom. The van der Waals surface area contributed by atoms with E-state index in [9.17, 15) is 4.79 Å². The molecule has 0 saturated heterocycles. The molecule has 0 atom stereocenters. The molecule has 5 nitrogen and oxygen atoms in total. The van der Waals surface area contributed by atoms with Crippen LogP contribution in [-0.2, 0) is 11.8 Å². The second-order valence-electron chi connectivity index (χ2n) is 6.63. The molecule has 0 aliphatic carbocycles. The van der Waals surface area contributed by atoms with Crippen LogP contribution in [0.2, 0.25) is 0 Å². The van der Waals surface area contributed by atoms with Gasteiger partial charge in [0.2, 0.25) is 5.91 Å². The van der Waals surface area contributed by atoms with Gasteiger partial charge in [-0.2, -0.15) is 0 Å². The Hall–Kier alpha value is -2.47. The summed E-state index contributed by atoms with van der Waals surface area (Å²) in [5.41, 5.74) is 1.37. The van der Waals surface area contributed by atoms with Crippen LogP contribution in [0.1, 0.15) is 20.8 Å². The van der Waals surface area contributed by atoms with E-state index in [1.165, 1.54) is 11.3 Å². The van der Waals surface area contributed by atoms with Crippen LogP contribution in [0.5, 0.6) is 0 Å². The molecule has 0 fully saturated rings. The van der Waals surface area contributed by atoms with E-state index in [2.05, 4.69) is 15.3 Å². The normalized spacial score (nSPS) is 11.5. The van der Waals surface area contributed by atoms with Gasteiger partial charge in [0.05, 0.1) is 10.6 Å². The van der Waals surface area contributed by atoms with E-state index in [1.54, 1.807) is 6.20 Å². The molecule has 1 amide bonds. The Balaban J connectivity index is 2.07. The van der Waals surface area contributed by atoms with Gasteiger partial charge in [0.15, 0.2) is 11.0 Å². The van der Waals surface area contributed by atoms with Crippen molar-refractivity contribution in [3.63, 3.8) is 0 Å². The van der Waals surface area contributed by atoms with Gasteiger partial charge in [0, 0.05) is 30.4 Å². The van der Waals surface area contributed by atoms with E-state index < -0.39 is 5.41 Å². The van der Waals surface area contributed by atoms with Crippen molar-refractivity contribution < 1.29 is 4.79 Å². The van der Waals surface area contributed by atoms with Crippen molar-refractivity contribution in [2.24, 2.45) is 12.5 Å². The number of carbonyl (C=O) groups is 1. The maximum Gasteiger partial charge on any atom is 0.231 e. The zero-order chi connectivity index (χ0) is 17.3. The minimum absolute atomic E-state index is 0.0535. The molecular formula is C18H20N4OS. The van der Waals surface area contributed by atoms with Crippen LogP contribution < -0.4 is 5.32 Å². The lowest BCUT2D eigenvalue weighted by Gasteiger charge is -2.15. The van der Waals surface area contributed by atoms with E-state index in [1.807, 2.05) is 68.9 Å². The van der Waals surface area contributed by atoms with Gasteiger partial charge in [0.1, 0.15) is 0 Å². The van der Waals surface area contributed by atoms with Crippen molar-refractivity contribution >= 4 is 22.4 Å². The van der Waals surface area contributed by atoms with Crippen LogP contribution in [0.25, 0.3) is 22.0 Å². The number of nitrogens with one attached hydrogen (secondary N) is 1. The van der Waals surface area contributed by atoms with Crippen molar-refractivity contribution in [3.8, 4) is 22.0 Å². The number of hydrogen-bond acceptors (Lipinski definition) is 4. The molecule has 124 valence electrons. The van der Waals surface area contributed by atoms with Crippen LogP contribution in [-0.4, -0.2) is 20.4 Å². The van der Waals surface area contributed by atoms with Crippen molar-refractivity contribution in [1.82, 2.24) is 14.5 Å². The standard InChI is InChI=1S/C18H20N4OS/c1-18(2,3)16(23)21-17-20-13(12-8-6-5-7-9-12)14(24-17)15-19-10-11-22(15)4/h5-11H,1-4H3,(H,20,21,23). The highest BCUT2D eigenvalue weighted by molar-refractivity contribution is 7.19. The first-order chi connectivity index (χ1) is 11.4. The first kappa shape index (κ1) is 16.4. The Labute approximate surface area is 145 Å². The molecule has 0 saturated carbocycles.